The van der Waals surface area contributed by atoms with Crippen molar-refractivity contribution in [1.82, 2.24) is 5.43 Å². The minimum Gasteiger partial charge on any atom is -0.468 e. The predicted octanol–water partition coefficient (Wildman–Crippen LogP) is 2.68. The van der Waals surface area contributed by atoms with Gasteiger partial charge in [-0.25, -0.2) is 5.43 Å². The maximum Gasteiger partial charge on any atom is 0.122 e. The number of halogens is 1. The van der Waals surface area contributed by atoms with Gasteiger partial charge >= 0.3 is 0 Å². The van der Waals surface area contributed by atoms with Gasteiger partial charge in [0.25, 0.3) is 0 Å². The van der Waals surface area contributed by atoms with Crippen molar-refractivity contribution in [3.8, 4) is 0 Å². The normalized spacial score (nSPS) is 12.6. The van der Waals surface area contributed by atoms with Gasteiger partial charge in [0.15, 0.2) is 0 Å². The highest BCUT2D eigenvalue weighted by atomic mass is 35.5. The van der Waals surface area contributed by atoms with Crippen LogP contribution in [0.1, 0.15) is 17.4 Å². The molecule has 0 aliphatic carbocycles. The summed E-state index contributed by atoms with van der Waals surface area (Å²) in [6, 6.07) is 11.4. The summed E-state index contributed by atoms with van der Waals surface area (Å²) in [6.07, 6.45) is 2.33. The largest absolute Gasteiger partial charge is 0.468 e. The van der Waals surface area contributed by atoms with E-state index in [1.807, 2.05) is 36.4 Å². The number of hydrogen-bond donors (Lipinski definition) is 2. The van der Waals surface area contributed by atoms with E-state index in [1.54, 1.807) is 6.26 Å². The molecule has 0 amide bonds. The van der Waals surface area contributed by atoms with E-state index in [9.17, 15) is 0 Å². The van der Waals surface area contributed by atoms with Gasteiger partial charge in [-0.3, -0.25) is 5.84 Å². The molecule has 1 heterocycles. The molecule has 0 radical (unpaired) electrons. The van der Waals surface area contributed by atoms with Crippen LogP contribution in [0.2, 0.25) is 5.02 Å². The fourth-order valence-corrected chi connectivity index (χ4v) is 1.83. The summed E-state index contributed by atoms with van der Waals surface area (Å²) in [5, 5.41) is 0.745. The molecule has 0 spiro atoms. The minimum absolute atomic E-state index is 0.0603. The van der Waals surface area contributed by atoms with E-state index in [1.165, 1.54) is 0 Å². The molecule has 1 unspecified atom stereocenters. The van der Waals surface area contributed by atoms with Crippen molar-refractivity contribution in [3.05, 3.63) is 59.0 Å². The molecule has 16 heavy (non-hydrogen) atoms. The van der Waals surface area contributed by atoms with Crippen LogP contribution in [0.5, 0.6) is 0 Å². The van der Waals surface area contributed by atoms with E-state index in [0.29, 0.717) is 6.42 Å². The lowest BCUT2D eigenvalue weighted by molar-refractivity contribution is 0.416. The summed E-state index contributed by atoms with van der Waals surface area (Å²) >= 11 is 6.09. The SMILES string of the molecule is NNC(Cc1ccccc1Cl)c1ccco1. The highest BCUT2D eigenvalue weighted by molar-refractivity contribution is 6.31. The van der Waals surface area contributed by atoms with Crippen molar-refractivity contribution in [2.45, 2.75) is 12.5 Å². The molecule has 1 aromatic carbocycles. The Bertz CT molecular complexity index is 442. The van der Waals surface area contributed by atoms with Crippen LogP contribution in [0, 0.1) is 0 Å². The molecule has 84 valence electrons. The Morgan fingerprint density at radius 3 is 2.69 bits per heavy atom. The van der Waals surface area contributed by atoms with Crippen molar-refractivity contribution in [2.24, 2.45) is 5.84 Å². The predicted molar refractivity (Wildman–Crippen MR) is 63.9 cm³/mol. The second-order valence-corrected chi connectivity index (χ2v) is 3.94. The van der Waals surface area contributed by atoms with Gasteiger partial charge in [0.05, 0.1) is 12.3 Å². The summed E-state index contributed by atoms with van der Waals surface area (Å²) in [5.41, 5.74) is 3.77. The van der Waals surface area contributed by atoms with Gasteiger partial charge < -0.3 is 4.42 Å². The zero-order valence-corrected chi connectivity index (χ0v) is 9.45. The van der Waals surface area contributed by atoms with Crippen molar-refractivity contribution < 1.29 is 4.42 Å². The molecule has 4 heteroatoms. The van der Waals surface area contributed by atoms with E-state index < -0.39 is 0 Å². The maximum atomic E-state index is 6.09. The van der Waals surface area contributed by atoms with Crippen LogP contribution >= 0.6 is 11.6 Å². The highest BCUT2D eigenvalue weighted by Gasteiger charge is 2.14. The monoisotopic (exact) mass is 236 g/mol. The van der Waals surface area contributed by atoms with E-state index in [-0.39, 0.29) is 6.04 Å². The second kappa shape index (κ2) is 5.16. The summed E-state index contributed by atoms with van der Waals surface area (Å²) in [7, 11) is 0. The van der Waals surface area contributed by atoms with Gasteiger partial charge in [-0.1, -0.05) is 29.8 Å². The van der Waals surface area contributed by atoms with Crippen LogP contribution in [-0.4, -0.2) is 0 Å². The minimum atomic E-state index is -0.0603. The van der Waals surface area contributed by atoms with E-state index >= 15 is 0 Å². The van der Waals surface area contributed by atoms with E-state index in [2.05, 4.69) is 5.43 Å². The third-order valence-corrected chi connectivity index (χ3v) is 2.84. The Kier molecular flexibility index (Phi) is 3.62. The lowest BCUT2D eigenvalue weighted by Crippen LogP contribution is -2.29. The Hall–Kier alpha value is -1.29. The number of hydrogen-bond acceptors (Lipinski definition) is 3. The zero-order valence-electron chi connectivity index (χ0n) is 8.69. The van der Waals surface area contributed by atoms with Gasteiger partial charge in [-0.2, -0.15) is 0 Å². The van der Waals surface area contributed by atoms with Crippen LogP contribution < -0.4 is 11.3 Å². The summed E-state index contributed by atoms with van der Waals surface area (Å²) in [5.74, 6) is 6.32. The Labute approximate surface area is 99.2 Å². The fraction of sp³-hybridized carbons (Fsp3) is 0.167. The molecule has 2 rings (SSSR count). The summed E-state index contributed by atoms with van der Waals surface area (Å²) in [4.78, 5) is 0. The lowest BCUT2D eigenvalue weighted by atomic mass is 10.0. The Morgan fingerprint density at radius 2 is 2.06 bits per heavy atom. The molecular formula is C12H13ClN2O. The number of benzene rings is 1. The molecule has 1 atom stereocenters. The quantitative estimate of drug-likeness (QED) is 0.634. The first kappa shape index (κ1) is 11.2. The van der Waals surface area contributed by atoms with Gasteiger partial charge in [0, 0.05) is 5.02 Å². The third kappa shape index (κ3) is 2.44. The molecule has 1 aromatic heterocycles. The van der Waals surface area contributed by atoms with Gasteiger partial charge in [-0.15, -0.1) is 0 Å². The Balaban J connectivity index is 2.17. The summed E-state index contributed by atoms with van der Waals surface area (Å²) < 4.78 is 5.31. The number of hydrazine groups is 1. The van der Waals surface area contributed by atoms with Crippen molar-refractivity contribution in [2.75, 3.05) is 0 Å². The first-order chi connectivity index (χ1) is 7.81. The molecule has 0 aliphatic rings. The molecule has 0 saturated heterocycles. The highest BCUT2D eigenvalue weighted by Crippen LogP contribution is 2.23. The van der Waals surface area contributed by atoms with Crippen molar-refractivity contribution in [1.29, 1.82) is 0 Å². The zero-order chi connectivity index (χ0) is 11.4. The smallest absolute Gasteiger partial charge is 0.122 e. The molecule has 0 bridgehead atoms. The van der Waals surface area contributed by atoms with Gasteiger partial charge in [-0.05, 0) is 30.2 Å². The number of nitrogens with two attached hydrogens (primary N) is 1. The van der Waals surface area contributed by atoms with E-state index in [0.717, 1.165) is 16.3 Å². The van der Waals surface area contributed by atoms with Crippen molar-refractivity contribution >= 4 is 11.6 Å². The average Bonchev–Trinajstić information content (AvgIpc) is 2.81. The lowest BCUT2D eigenvalue weighted by Gasteiger charge is -2.14. The molecule has 3 nitrogen and oxygen atoms in total. The van der Waals surface area contributed by atoms with Crippen LogP contribution in [0.3, 0.4) is 0 Å². The number of rotatable bonds is 4. The van der Waals surface area contributed by atoms with Gasteiger partial charge in [0.2, 0.25) is 0 Å². The average molecular weight is 237 g/mol. The molecule has 0 saturated carbocycles. The summed E-state index contributed by atoms with van der Waals surface area (Å²) in [6.45, 7) is 0. The Morgan fingerprint density at radius 1 is 1.25 bits per heavy atom. The topological polar surface area (TPSA) is 51.2 Å². The standard InChI is InChI=1S/C12H13ClN2O/c13-10-5-2-1-4-9(10)8-11(15-14)12-6-3-7-16-12/h1-7,11,15H,8,14H2. The maximum absolute atomic E-state index is 6.09. The van der Waals surface area contributed by atoms with Crippen molar-refractivity contribution in [3.63, 3.8) is 0 Å². The third-order valence-electron chi connectivity index (χ3n) is 2.47. The molecule has 3 N–H and O–H groups in total. The van der Waals surface area contributed by atoms with Crippen LogP contribution in [-0.2, 0) is 6.42 Å². The first-order valence-corrected chi connectivity index (χ1v) is 5.42. The van der Waals surface area contributed by atoms with Gasteiger partial charge in [0.1, 0.15) is 5.76 Å². The van der Waals surface area contributed by atoms with E-state index in [4.69, 9.17) is 21.9 Å². The second-order valence-electron chi connectivity index (χ2n) is 3.53. The number of nitrogens with one attached hydrogen (secondary N) is 1. The van der Waals surface area contributed by atoms with Crippen LogP contribution in [0.25, 0.3) is 0 Å². The first-order valence-electron chi connectivity index (χ1n) is 5.04. The van der Waals surface area contributed by atoms with Crippen LogP contribution in [0.4, 0.5) is 0 Å². The molecule has 2 aromatic rings. The molecule has 0 aliphatic heterocycles. The molecular weight excluding hydrogens is 224 g/mol. The number of furan rings is 1. The fourth-order valence-electron chi connectivity index (χ4n) is 1.62. The van der Waals surface area contributed by atoms with Crippen LogP contribution in [0.15, 0.2) is 47.1 Å². The molecule has 0 fully saturated rings.